The molecule has 3 aromatic rings. The van der Waals surface area contributed by atoms with Gasteiger partial charge in [0.2, 0.25) is 5.43 Å². The molecule has 0 spiro atoms. The van der Waals surface area contributed by atoms with Crippen LogP contribution in [0.5, 0.6) is 0 Å². The van der Waals surface area contributed by atoms with Crippen molar-refractivity contribution in [3.8, 4) is 5.69 Å². The predicted octanol–water partition coefficient (Wildman–Crippen LogP) is 3.29. The van der Waals surface area contributed by atoms with Crippen LogP contribution in [0.4, 0.5) is 10.1 Å². The molecule has 0 saturated carbocycles. The Labute approximate surface area is 176 Å². The van der Waals surface area contributed by atoms with Crippen LogP contribution in [-0.4, -0.2) is 40.6 Å². The van der Waals surface area contributed by atoms with E-state index in [2.05, 4.69) is 10.4 Å². The Morgan fingerprint density at radius 2 is 1.83 bits per heavy atom. The van der Waals surface area contributed by atoms with Gasteiger partial charge in [0.15, 0.2) is 5.69 Å². The van der Waals surface area contributed by atoms with Crippen molar-refractivity contribution in [2.24, 2.45) is 0 Å². The van der Waals surface area contributed by atoms with Crippen LogP contribution in [0.1, 0.15) is 26.5 Å². The molecule has 0 atom stereocenters. The molecule has 2 aromatic carbocycles. The molecule has 0 aliphatic heterocycles. The molecular weight excluding hydrogens is 411 g/mol. The van der Waals surface area contributed by atoms with Crippen LogP contribution in [0.15, 0.2) is 53.3 Å². The second kappa shape index (κ2) is 8.46. The fourth-order valence-electron chi connectivity index (χ4n) is 2.80. The summed E-state index contributed by atoms with van der Waals surface area (Å²) in [5, 5.41) is 6.86. The monoisotopic (exact) mass is 428 g/mol. The molecule has 30 heavy (non-hydrogen) atoms. The van der Waals surface area contributed by atoms with Gasteiger partial charge in [0.1, 0.15) is 11.5 Å². The number of amides is 2. The van der Waals surface area contributed by atoms with Crippen LogP contribution in [0.3, 0.4) is 0 Å². The standard InChI is InChI=1S/C21H18ClFN4O3/c1-12-10-18(28)19(25-27(12)17-7-5-4-6-15(17)23)20(29)24-16-11-13(22)8-9-14(16)21(30)26(2)3/h4-11H,1-3H3,(H,24,29). The molecule has 0 saturated heterocycles. The Hall–Kier alpha value is -3.52. The van der Waals surface area contributed by atoms with Gasteiger partial charge in [-0.25, -0.2) is 9.07 Å². The van der Waals surface area contributed by atoms with Gasteiger partial charge in [-0.3, -0.25) is 14.4 Å². The summed E-state index contributed by atoms with van der Waals surface area (Å²) < 4.78 is 15.4. The summed E-state index contributed by atoms with van der Waals surface area (Å²) in [5.74, 6) is -1.76. The first-order valence-electron chi connectivity index (χ1n) is 8.87. The van der Waals surface area contributed by atoms with Gasteiger partial charge in [0.05, 0.1) is 11.3 Å². The first-order chi connectivity index (χ1) is 14.2. The van der Waals surface area contributed by atoms with Crippen molar-refractivity contribution in [1.29, 1.82) is 0 Å². The van der Waals surface area contributed by atoms with E-state index < -0.39 is 22.8 Å². The molecule has 0 radical (unpaired) electrons. The summed E-state index contributed by atoms with van der Waals surface area (Å²) in [5.41, 5.74) is -0.319. The first kappa shape index (κ1) is 21.2. The highest BCUT2D eigenvalue weighted by atomic mass is 35.5. The molecule has 3 rings (SSSR count). The van der Waals surface area contributed by atoms with E-state index >= 15 is 0 Å². The number of rotatable bonds is 4. The lowest BCUT2D eigenvalue weighted by Gasteiger charge is -2.15. The highest BCUT2D eigenvalue weighted by molar-refractivity contribution is 6.31. The molecule has 154 valence electrons. The number of hydrogen-bond donors (Lipinski definition) is 1. The Morgan fingerprint density at radius 1 is 1.13 bits per heavy atom. The average Bonchev–Trinajstić information content (AvgIpc) is 2.68. The van der Waals surface area contributed by atoms with E-state index in [1.54, 1.807) is 27.1 Å². The largest absolute Gasteiger partial charge is 0.345 e. The number of aryl methyl sites for hydroxylation is 1. The van der Waals surface area contributed by atoms with Crippen molar-refractivity contribution in [1.82, 2.24) is 14.7 Å². The summed E-state index contributed by atoms with van der Waals surface area (Å²) in [6.45, 7) is 1.58. The fraction of sp³-hybridized carbons (Fsp3) is 0.143. The van der Waals surface area contributed by atoms with Crippen molar-refractivity contribution in [3.05, 3.63) is 86.5 Å². The molecule has 0 unspecified atom stereocenters. The summed E-state index contributed by atoms with van der Waals surface area (Å²) in [4.78, 5) is 39.0. The van der Waals surface area contributed by atoms with Crippen LogP contribution < -0.4 is 10.7 Å². The van der Waals surface area contributed by atoms with E-state index in [4.69, 9.17) is 11.6 Å². The number of nitrogens with one attached hydrogen (secondary N) is 1. The Morgan fingerprint density at radius 3 is 2.50 bits per heavy atom. The van der Waals surface area contributed by atoms with Crippen LogP contribution in [-0.2, 0) is 0 Å². The molecule has 1 heterocycles. The quantitative estimate of drug-likeness (QED) is 0.691. The second-order valence-corrected chi connectivity index (χ2v) is 7.14. The minimum atomic E-state index is -0.847. The van der Waals surface area contributed by atoms with Gasteiger partial charge in [-0.15, -0.1) is 0 Å². The van der Waals surface area contributed by atoms with Crippen molar-refractivity contribution in [2.75, 3.05) is 19.4 Å². The van der Waals surface area contributed by atoms with Crippen LogP contribution >= 0.6 is 11.6 Å². The molecule has 0 aliphatic carbocycles. The van der Waals surface area contributed by atoms with Gasteiger partial charge >= 0.3 is 0 Å². The van der Waals surface area contributed by atoms with Crippen LogP contribution in [0.2, 0.25) is 5.02 Å². The first-order valence-corrected chi connectivity index (χ1v) is 9.25. The van der Waals surface area contributed by atoms with Gasteiger partial charge in [0, 0.05) is 30.9 Å². The number of carbonyl (C=O) groups excluding carboxylic acids is 2. The number of para-hydroxylation sites is 1. The van der Waals surface area contributed by atoms with E-state index in [0.29, 0.717) is 10.7 Å². The number of hydrogen-bond acceptors (Lipinski definition) is 4. The lowest BCUT2D eigenvalue weighted by Crippen LogP contribution is -2.28. The van der Waals surface area contributed by atoms with Gasteiger partial charge in [0.25, 0.3) is 11.8 Å². The Balaban J connectivity index is 2.04. The zero-order valence-electron chi connectivity index (χ0n) is 16.4. The van der Waals surface area contributed by atoms with E-state index in [9.17, 15) is 18.8 Å². The average molecular weight is 429 g/mol. The van der Waals surface area contributed by atoms with Gasteiger partial charge in [-0.2, -0.15) is 5.10 Å². The number of nitrogens with zero attached hydrogens (tertiary/aromatic N) is 3. The maximum absolute atomic E-state index is 14.2. The topological polar surface area (TPSA) is 84.3 Å². The molecule has 0 bridgehead atoms. The van der Waals surface area contributed by atoms with Crippen LogP contribution in [0.25, 0.3) is 5.69 Å². The van der Waals surface area contributed by atoms with Gasteiger partial charge in [-0.1, -0.05) is 23.7 Å². The van der Waals surface area contributed by atoms with Crippen molar-refractivity contribution in [2.45, 2.75) is 6.92 Å². The fourth-order valence-corrected chi connectivity index (χ4v) is 2.97. The zero-order valence-corrected chi connectivity index (χ0v) is 17.2. The highest BCUT2D eigenvalue weighted by Crippen LogP contribution is 2.23. The number of benzene rings is 2. The highest BCUT2D eigenvalue weighted by Gasteiger charge is 2.20. The lowest BCUT2D eigenvalue weighted by atomic mass is 10.1. The SMILES string of the molecule is Cc1cc(=O)c(C(=O)Nc2cc(Cl)ccc2C(=O)N(C)C)nn1-c1ccccc1F. The van der Waals surface area contributed by atoms with E-state index in [1.807, 2.05) is 0 Å². The number of anilines is 1. The molecule has 1 aromatic heterocycles. The summed E-state index contributed by atoms with van der Waals surface area (Å²) >= 11 is 6.01. The smallest absolute Gasteiger partial charge is 0.280 e. The molecule has 1 N–H and O–H groups in total. The number of halogens is 2. The molecule has 9 heteroatoms. The lowest BCUT2D eigenvalue weighted by molar-refractivity contribution is 0.0828. The number of carbonyl (C=O) groups is 2. The minimum absolute atomic E-state index is 0.0929. The molecular formula is C21H18ClFN4O3. The summed E-state index contributed by atoms with van der Waals surface area (Å²) in [6, 6.07) is 11.4. The molecule has 0 aliphatic rings. The third-order valence-corrected chi connectivity index (χ3v) is 4.50. The van der Waals surface area contributed by atoms with E-state index in [-0.39, 0.29) is 22.8 Å². The van der Waals surface area contributed by atoms with Crippen molar-refractivity contribution in [3.63, 3.8) is 0 Å². The zero-order chi connectivity index (χ0) is 22.0. The normalized spacial score (nSPS) is 10.6. The van der Waals surface area contributed by atoms with E-state index in [0.717, 1.165) is 0 Å². The summed E-state index contributed by atoms with van der Waals surface area (Å²) in [6.07, 6.45) is 0. The third kappa shape index (κ3) is 4.23. The number of aromatic nitrogens is 2. The second-order valence-electron chi connectivity index (χ2n) is 6.71. The van der Waals surface area contributed by atoms with E-state index in [1.165, 1.54) is 52.0 Å². The Kier molecular flexibility index (Phi) is 5.98. The predicted molar refractivity (Wildman–Crippen MR) is 112 cm³/mol. The molecule has 2 amide bonds. The van der Waals surface area contributed by atoms with Gasteiger partial charge in [-0.05, 0) is 37.3 Å². The van der Waals surface area contributed by atoms with Gasteiger partial charge < -0.3 is 10.2 Å². The van der Waals surface area contributed by atoms with Crippen molar-refractivity contribution < 1.29 is 14.0 Å². The summed E-state index contributed by atoms with van der Waals surface area (Å²) in [7, 11) is 3.13. The maximum atomic E-state index is 14.2. The van der Waals surface area contributed by atoms with Crippen LogP contribution in [0, 0.1) is 12.7 Å². The maximum Gasteiger partial charge on any atom is 0.280 e. The van der Waals surface area contributed by atoms with Crippen molar-refractivity contribution >= 4 is 29.1 Å². The molecule has 7 nitrogen and oxygen atoms in total. The minimum Gasteiger partial charge on any atom is -0.345 e. The Bertz CT molecular complexity index is 1210. The molecule has 0 fully saturated rings. The third-order valence-electron chi connectivity index (χ3n) is 4.27.